The topological polar surface area (TPSA) is 131 Å². The van der Waals surface area contributed by atoms with Crippen LogP contribution < -0.4 is 15.5 Å². The average Bonchev–Trinajstić information content (AvgIpc) is 3.23. The van der Waals surface area contributed by atoms with Gasteiger partial charge < -0.3 is 25.0 Å². The van der Waals surface area contributed by atoms with E-state index in [1.807, 2.05) is 6.92 Å². The van der Waals surface area contributed by atoms with Gasteiger partial charge in [-0.25, -0.2) is 4.79 Å². The third kappa shape index (κ3) is 7.13. The van der Waals surface area contributed by atoms with Crippen LogP contribution in [0.15, 0.2) is 48.5 Å². The Morgan fingerprint density at radius 2 is 1.57 bits per heavy atom. The van der Waals surface area contributed by atoms with Crippen LogP contribution in [0.4, 0.5) is 17.1 Å². The molecule has 184 valence electrons. The standard InChI is InChI=1S/C25H27N3O7/c1-3-12-34-24(32)17-4-10-21(11-5-17)28-14-18(13-23(28)31)25(33)35-15-22(30)27-20-8-6-19(7-9-20)26-16(2)29/h4-11,18H,3,12-15H2,1-2H3,(H,26,29)(H,27,30)/t18-/m0/s1. The van der Waals surface area contributed by atoms with Gasteiger partial charge in [0.15, 0.2) is 6.61 Å². The van der Waals surface area contributed by atoms with Crippen molar-refractivity contribution >= 4 is 46.7 Å². The molecule has 2 aromatic carbocycles. The summed E-state index contributed by atoms with van der Waals surface area (Å²) in [6, 6.07) is 12.8. The highest BCUT2D eigenvalue weighted by Crippen LogP contribution is 2.26. The maximum Gasteiger partial charge on any atom is 0.338 e. The zero-order valence-electron chi connectivity index (χ0n) is 19.5. The molecule has 2 aromatic rings. The van der Waals surface area contributed by atoms with Gasteiger partial charge >= 0.3 is 11.9 Å². The van der Waals surface area contributed by atoms with Gasteiger partial charge in [-0.1, -0.05) is 6.92 Å². The Bertz CT molecular complexity index is 1100. The highest BCUT2D eigenvalue weighted by Gasteiger charge is 2.36. The zero-order chi connectivity index (χ0) is 25.4. The number of esters is 2. The number of hydrogen-bond acceptors (Lipinski definition) is 7. The summed E-state index contributed by atoms with van der Waals surface area (Å²) in [5, 5.41) is 5.21. The average molecular weight is 482 g/mol. The summed E-state index contributed by atoms with van der Waals surface area (Å²) in [5.74, 6) is -2.77. The lowest BCUT2D eigenvalue weighted by Crippen LogP contribution is -2.28. The summed E-state index contributed by atoms with van der Waals surface area (Å²) >= 11 is 0. The summed E-state index contributed by atoms with van der Waals surface area (Å²) in [4.78, 5) is 61.4. The molecule has 0 spiro atoms. The van der Waals surface area contributed by atoms with E-state index in [-0.39, 0.29) is 24.8 Å². The lowest BCUT2D eigenvalue weighted by molar-refractivity contribution is -0.151. The number of hydrogen-bond donors (Lipinski definition) is 2. The van der Waals surface area contributed by atoms with Crippen LogP contribution >= 0.6 is 0 Å². The fraction of sp³-hybridized carbons (Fsp3) is 0.320. The van der Waals surface area contributed by atoms with Gasteiger partial charge in [0.05, 0.1) is 18.1 Å². The van der Waals surface area contributed by atoms with E-state index in [2.05, 4.69) is 10.6 Å². The van der Waals surface area contributed by atoms with Crippen molar-refractivity contribution in [2.45, 2.75) is 26.7 Å². The Morgan fingerprint density at radius 1 is 0.943 bits per heavy atom. The van der Waals surface area contributed by atoms with E-state index in [9.17, 15) is 24.0 Å². The normalized spacial score (nSPS) is 14.9. The number of ether oxygens (including phenoxy) is 2. The number of carbonyl (C=O) groups excluding carboxylic acids is 5. The van der Waals surface area contributed by atoms with E-state index in [4.69, 9.17) is 9.47 Å². The van der Waals surface area contributed by atoms with E-state index in [0.29, 0.717) is 29.2 Å². The fourth-order valence-corrected chi connectivity index (χ4v) is 3.46. The lowest BCUT2D eigenvalue weighted by Gasteiger charge is -2.17. The van der Waals surface area contributed by atoms with Gasteiger partial charge in [-0.05, 0) is 55.0 Å². The van der Waals surface area contributed by atoms with Crippen LogP contribution in [0.5, 0.6) is 0 Å². The van der Waals surface area contributed by atoms with Crippen molar-refractivity contribution in [3.8, 4) is 0 Å². The van der Waals surface area contributed by atoms with Crippen molar-refractivity contribution in [2.75, 3.05) is 35.3 Å². The van der Waals surface area contributed by atoms with Crippen LogP contribution in [0, 0.1) is 5.92 Å². The Kier molecular flexibility index (Phi) is 8.55. The molecule has 0 aliphatic carbocycles. The molecule has 1 aliphatic heterocycles. The smallest absolute Gasteiger partial charge is 0.338 e. The van der Waals surface area contributed by atoms with Gasteiger partial charge in [0, 0.05) is 37.0 Å². The summed E-state index contributed by atoms with van der Waals surface area (Å²) in [6.07, 6.45) is 0.684. The number of amides is 3. The molecule has 1 aliphatic rings. The summed E-state index contributed by atoms with van der Waals surface area (Å²) in [6.45, 7) is 3.25. The number of rotatable bonds is 9. The van der Waals surface area contributed by atoms with Crippen LogP contribution in [0.2, 0.25) is 0 Å². The molecule has 0 bridgehead atoms. The Labute approximate surface area is 202 Å². The molecule has 0 saturated carbocycles. The molecule has 1 fully saturated rings. The van der Waals surface area contributed by atoms with Crippen molar-refractivity contribution in [2.24, 2.45) is 5.92 Å². The highest BCUT2D eigenvalue weighted by molar-refractivity contribution is 6.00. The Morgan fingerprint density at radius 3 is 2.17 bits per heavy atom. The quantitative estimate of drug-likeness (QED) is 0.527. The molecule has 0 unspecified atom stereocenters. The van der Waals surface area contributed by atoms with Gasteiger partial charge in [-0.3, -0.25) is 19.2 Å². The first kappa shape index (κ1) is 25.4. The predicted molar refractivity (Wildman–Crippen MR) is 128 cm³/mol. The minimum atomic E-state index is -0.707. The van der Waals surface area contributed by atoms with Crippen molar-refractivity contribution in [1.29, 1.82) is 0 Å². The largest absolute Gasteiger partial charge is 0.462 e. The van der Waals surface area contributed by atoms with Crippen LogP contribution in [-0.4, -0.2) is 49.4 Å². The van der Waals surface area contributed by atoms with E-state index in [1.165, 1.54) is 11.8 Å². The summed E-state index contributed by atoms with van der Waals surface area (Å²) in [5.41, 5.74) is 1.99. The second-order valence-electron chi connectivity index (χ2n) is 8.00. The molecule has 0 aromatic heterocycles. The maximum absolute atomic E-state index is 12.4. The monoisotopic (exact) mass is 481 g/mol. The predicted octanol–water partition coefficient (Wildman–Crippen LogP) is 2.75. The summed E-state index contributed by atoms with van der Waals surface area (Å²) in [7, 11) is 0. The second kappa shape index (κ2) is 11.8. The van der Waals surface area contributed by atoms with E-state index >= 15 is 0 Å². The molecule has 2 N–H and O–H groups in total. The molecule has 3 rings (SSSR count). The van der Waals surface area contributed by atoms with Crippen molar-refractivity contribution in [3.05, 3.63) is 54.1 Å². The van der Waals surface area contributed by atoms with E-state index in [0.717, 1.165) is 6.42 Å². The van der Waals surface area contributed by atoms with Crippen molar-refractivity contribution in [3.63, 3.8) is 0 Å². The molecule has 10 heteroatoms. The fourth-order valence-electron chi connectivity index (χ4n) is 3.46. The Balaban J connectivity index is 1.48. The molecular weight excluding hydrogens is 454 g/mol. The minimum absolute atomic E-state index is 0.0364. The van der Waals surface area contributed by atoms with Gasteiger partial charge in [0.1, 0.15) is 0 Å². The minimum Gasteiger partial charge on any atom is -0.462 e. The first-order valence-corrected chi connectivity index (χ1v) is 11.2. The lowest BCUT2D eigenvalue weighted by atomic mass is 10.1. The third-order valence-electron chi connectivity index (χ3n) is 5.14. The van der Waals surface area contributed by atoms with Crippen molar-refractivity contribution < 1.29 is 33.4 Å². The molecule has 1 saturated heterocycles. The molecular formula is C25H27N3O7. The van der Waals surface area contributed by atoms with E-state index < -0.39 is 30.4 Å². The second-order valence-corrected chi connectivity index (χ2v) is 8.00. The first-order valence-electron chi connectivity index (χ1n) is 11.2. The van der Waals surface area contributed by atoms with Crippen LogP contribution in [0.25, 0.3) is 0 Å². The summed E-state index contributed by atoms with van der Waals surface area (Å²) < 4.78 is 10.2. The van der Waals surface area contributed by atoms with Gasteiger partial charge in [0.2, 0.25) is 11.8 Å². The molecule has 1 atom stereocenters. The molecule has 35 heavy (non-hydrogen) atoms. The maximum atomic E-state index is 12.4. The molecule has 10 nitrogen and oxygen atoms in total. The Hall–Kier alpha value is -4.21. The number of nitrogens with zero attached hydrogens (tertiary/aromatic N) is 1. The van der Waals surface area contributed by atoms with Gasteiger partial charge in [-0.2, -0.15) is 0 Å². The first-order chi connectivity index (χ1) is 16.8. The molecule has 3 amide bonds. The zero-order valence-corrected chi connectivity index (χ0v) is 19.5. The highest BCUT2D eigenvalue weighted by atomic mass is 16.5. The SMILES string of the molecule is CCCOC(=O)c1ccc(N2C[C@@H](C(=O)OCC(=O)Nc3ccc(NC(C)=O)cc3)CC2=O)cc1. The van der Waals surface area contributed by atoms with Crippen LogP contribution in [0.1, 0.15) is 37.0 Å². The van der Waals surface area contributed by atoms with Crippen LogP contribution in [-0.2, 0) is 28.7 Å². The third-order valence-corrected chi connectivity index (χ3v) is 5.14. The number of anilines is 3. The number of carbonyl (C=O) groups is 5. The number of benzene rings is 2. The molecule has 0 radical (unpaired) electrons. The van der Waals surface area contributed by atoms with Gasteiger partial charge in [-0.15, -0.1) is 0 Å². The van der Waals surface area contributed by atoms with Crippen LogP contribution in [0.3, 0.4) is 0 Å². The molecule has 1 heterocycles. The van der Waals surface area contributed by atoms with Gasteiger partial charge in [0.25, 0.3) is 5.91 Å². The number of nitrogens with one attached hydrogen (secondary N) is 2. The van der Waals surface area contributed by atoms with E-state index in [1.54, 1.807) is 48.5 Å². The van der Waals surface area contributed by atoms with Crippen molar-refractivity contribution in [1.82, 2.24) is 0 Å².